The predicted molar refractivity (Wildman–Crippen MR) is 47.7 cm³/mol. The van der Waals surface area contributed by atoms with Crippen molar-refractivity contribution in [1.29, 1.82) is 0 Å². The van der Waals surface area contributed by atoms with E-state index in [4.69, 9.17) is 0 Å². The summed E-state index contributed by atoms with van der Waals surface area (Å²) in [7, 11) is 1.41. The van der Waals surface area contributed by atoms with Crippen LogP contribution in [0.15, 0.2) is 11.6 Å². The Labute approximate surface area is 73.6 Å². The summed E-state index contributed by atoms with van der Waals surface area (Å²) in [6.07, 6.45) is 2.64. The number of esters is 1. The first-order valence-corrected chi connectivity index (χ1v) is 4.26. The molecule has 0 bridgehead atoms. The van der Waals surface area contributed by atoms with Crippen molar-refractivity contribution < 1.29 is 9.53 Å². The van der Waals surface area contributed by atoms with Gasteiger partial charge in [0, 0.05) is 6.08 Å². The molecule has 1 rings (SSSR count). The van der Waals surface area contributed by atoms with E-state index in [9.17, 15) is 4.79 Å². The van der Waals surface area contributed by atoms with Crippen molar-refractivity contribution in [3.63, 3.8) is 0 Å². The molecule has 0 aromatic rings. The van der Waals surface area contributed by atoms with E-state index in [1.54, 1.807) is 6.08 Å². The fourth-order valence-electron chi connectivity index (χ4n) is 1.59. The Morgan fingerprint density at radius 3 is 2.58 bits per heavy atom. The minimum absolute atomic E-state index is 0.229. The van der Waals surface area contributed by atoms with Crippen LogP contribution in [0, 0.1) is 11.3 Å². The Hall–Kier alpha value is -0.790. The van der Waals surface area contributed by atoms with Gasteiger partial charge in [0.1, 0.15) is 0 Å². The fourth-order valence-corrected chi connectivity index (χ4v) is 1.59. The van der Waals surface area contributed by atoms with Crippen LogP contribution in [0.4, 0.5) is 0 Å². The van der Waals surface area contributed by atoms with Gasteiger partial charge in [-0.05, 0) is 17.8 Å². The molecule has 0 aliphatic heterocycles. The summed E-state index contributed by atoms with van der Waals surface area (Å²) >= 11 is 0. The van der Waals surface area contributed by atoms with Crippen molar-refractivity contribution in [2.45, 2.75) is 27.2 Å². The largest absolute Gasteiger partial charge is 0.466 e. The summed E-state index contributed by atoms with van der Waals surface area (Å²) in [6.45, 7) is 6.58. The molecule has 0 unspecified atom stereocenters. The minimum atomic E-state index is -0.229. The molecule has 1 atom stereocenters. The van der Waals surface area contributed by atoms with E-state index < -0.39 is 0 Å². The maximum absolute atomic E-state index is 10.9. The monoisotopic (exact) mass is 168 g/mol. The van der Waals surface area contributed by atoms with Crippen LogP contribution >= 0.6 is 0 Å². The van der Waals surface area contributed by atoms with Crippen LogP contribution in [0.3, 0.4) is 0 Å². The Balaban J connectivity index is 2.60. The summed E-state index contributed by atoms with van der Waals surface area (Å²) in [6, 6.07) is 0. The van der Waals surface area contributed by atoms with E-state index in [0.717, 1.165) is 6.42 Å². The molecule has 0 aromatic carbocycles. The van der Waals surface area contributed by atoms with Gasteiger partial charge >= 0.3 is 5.97 Å². The van der Waals surface area contributed by atoms with Crippen molar-refractivity contribution in [2.24, 2.45) is 11.3 Å². The lowest BCUT2D eigenvalue weighted by atomic mass is 9.60. The highest BCUT2D eigenvalue weighted by molar-refractivity contribution is 5.83. The average Bonchev–Trinajstić information content (AvgIpc) is 2.02. The van der Waals surface area contributed by atoms with Crippen LogP contribution in [0.2, 0.25) is 0 Å². The first kappa shape index (κ1) is 9.30. The number of carbonyl (C=O) groups excluding carboxylic acids is 1. The number of hydrogen-bond donors (Lipinski definition) is 0. The molecule has 12 heavy (non-hydrogen) atoms. The molecule has 0 aromatic heterocycles. The molecule has 0 N–H and O–H groups in total. The Bertz CT molecular complexity index is 226. The van der Waals surface area contributed by atoms with E-state index in [-0.39, 0.29) is 5.97 Å². The number of carbonyl (C=O) groups is 1. The van der Waals surface area contributed by atoms with Crippen LogP contribution in [-0.4, -0.2) is 13.1 Å². The standard InChI is InChI=1S/C10H16O2/c1-7-8(5-9(11)12-4)6-10(7,2)3/h5,7H,6H2,1-4H3/b8-5-/t7-/m1/s1. The van der Waals surface area contributed by atoms with Crippen LogP contribution in [0.5, 0.6) is 0 Å². The molecule has 0 spiro atoms. The quantitative estimate of drug-likeness (QED) is 0.443. The molecule has 68 valence electrons. The van der Waals surface area contributed by atoms with Gasteiger partial charge in [-0.2, -0.15) is 0 Å². The van der Waals surface area contributed by atoms with Crippen molar-refractivity contribution in [3.8, 4) is 0 Å². The Kier molecular flexibility index (Phi) is 2.27. The molecule has 0 heterocycles. The summed E-state index contributed by atoms with van der Waals surface area (Å²) in [5, 5.41) is 0. The van der Waals surface area contributed by atoms with Crippen LogP contribution in [-0.2, 0) is 9.53 Å². The van der Waals surface area contributed by atoms with E-state index in [2.05, 4.69) is 25.5 Å². The van der Waals surface area contributed by atoms with Gasteiger partial charge in [-0.15, -0.1) is 0 Å². The minimum Gasteiger partial charge on any atom is -0.466 e. The maximum atomic E-state index is 10.9. The Morgan fingerprint density at radius 1 is 1.67 bits per heavy atom. The number of hydrogen-bond acceptors (Lipinski definition) is 2. The van der Waals surface area contributed by atoms with Gasteiger partial charge in [-0.1, -0.05) is 26.3 Å². The molecule has 0 amide bonds. The summed E-state index contributed by atoms with van der Waals surface area (Å²) < 4.78 is 4.56. The van der Waals surface area contributed by atoms with Gasteiger partial charge in [-0.3, -0.25) is 0 Å². The summed E-state index contributed by atoms with van der Waals surface area (Å²) in [5.74, 6) is 0.281. The number of methoxy groups -OCH3 is 1. The highest BCUT2D eigenvalue weighted by Crippen LogP contribution is 2.49. The maximum Gasteiger partial charge on any atom is 0.330 e. The predicted octanol–water partition coefficient (Wildman–Crippen LogP) is 2.15. The summed E-state index contributed by atoms with van der Waals surface area (Å²) in [4.78, 5) is 10.9. The molecule has 0 radical (unpaired) electrons. The molecule has 2 heteroatoms. The van der Waals surface area contributed by atoms with Gasteiger partial charge < -0.3 is 4.74 Å². The van der Waals surface area contributed by atoms with Crippen molar-refractivity contribution in [1.82, 2.24) is 0 Å². The second-order valence-electron chi connectivity index (χ2n) is 4.13. The molecule has 2 nitrogen and oxygen atoms in total. The Morgan fingerprint density at radius 2 is 2.25 bits per heavy atom. The van der Waals surface area contributed by atoms with Crippen molar-refractivity contribution >= 4 is 5.97 Å². The zero-order valence-electron chi connectivity index (χ0n) is 8.18. The van der Waals surface area contributed by atoms with E-state index in [0.29, 0.717) is 11.3 Å². The first-order chi connectivity index (χ1) is 5.47. The summed E-state index contributed by atoms with van der Waals surface area (Å²) in [5.41, 5.74) is 1.58. The van der Waals surface area contributed by atoms with Crippen LogP contribution < -0.4 is 0 Å². The molecule has 1 fully saturated rings. The SMILES string of the molecule is COC(=O)/C=C1/CC(C)(C)[C@@H]1C. The number of allylic oxidation sites excluding steroid dienone is 1. The van der Waals surface area contributed by atoms with Gasteiger partial charge in [0.2, 0.25) is 0 Å². The van der Waals surface area contributed by atoms with Gasteiger partial charge in [0.25, 0.3) is 0 Å². The average molecular weight is 168 g/mol. The normalized spacial score (nSPS) is 29.7. The highest BCUT2D eigenvalue weighted by Gasteiger charge is 2.39. The van der Waals surface area contributed by atoms with Crippen molar-refractivity contribution in [2.75, 3.05) is 7.11 Å². The lowest BCUT2D eigenvalue weighted by Gasteiger charge is -2.45. The van der Waals surface area contributed by atoms with E-state index in [1.165, 1.54) is 12.7 Å². The molecule has 1 aliphatic carbocycles. The zero-order valence-corrected chi connectivity index (χ0v) is 8.18. The number of rotatable bonds is 1. The third-order valence-electron chi connectivity index (χ3n) is 2.89. The smallest absolute Gasteiger partial charge is 0.330 e. The third-order valence-corrected chi connectivity index (χ3v) is 2.89. The highest BCUT2D eigenvalue weighted by atomic mass is 16.5. The molecule has 0 saturated heterocycles. The number of ether oxygens (including phenoxy) is 1. The first-order valence-electron chi connectivity index (χ1n) is 4.26. The zero-order chi connectivity index (χ0) is 9.35. The van der Waals surface area contributed by atoms with Gasteiger partial charge in [0.15, 0.2) is 0 Å². The molecule has 1 aliphatic rings. The molecule has 1 saturated carbocycles. The lowest BCUT2D eigenvalue weighted by Crippen LogP contribution is -2.35. The topological polar surface area (TPSA) is 26.3 Å². The molecular formula is C10H16O2. The van der Waals surface area contributed by atoms with Gasteiger partial charge in [-0.25, -0.2) is 4.79 Å². The van der Waals surface area contributed by atoms with Crippen molar-refractivity contribution in [3.05, 3.63) is 11.6 Å². The lowest BCUT2D eigenvalue weighted by molar-refractivity contribution is -0.135. The van der Waals surface area contributed by atoms with Crippen LogP contribution in [0.1, 0.15) is 27.2 Å². The van der Waals surface area contributed by atoms with Crippen LogP contribution in [0.25, 0.3) is 0 Å². The molecular weight excluding hydrogens is 152 g/mol. The third kappa shape index (κ3) is 1.52. The fraction of sp³-hybridized carbons (Fsp3) is 0.700. The van der Waals surface area contributed by atoms with E-state index in [1.807, 2.05) is 0 Å². The van der Waals surface area contributed by atoms with Gasteiger partial charge in [0.05, 0.1) is 7.11 Å². The second-order valence-corrected chi connectivity index (χ2v) is 4.13. The second kappa shape index (κ2) is 2.92. The van der Waals surface area contributed by atoms with E-state index >= 15 is 0 Å².